The van der Waals surface area contributed by atoms with E-state index in [0.29, 0.717) is 11.0 Å². The lowest BCUT2D eigenvalue weighted by molar-refractivity contribution is -0.120. The highest BCUT2D eigenvalue weighted by molar-refractivity contribution is 9.11. The van der Waals surface area contributed by atoms with Crippen LogP contribution in [0.3, 0.4) is 0 Å². The van der Waals surface area contributed by atoms with Gasteiger partial charge >= 0.3 is 0 Å². The molecule has 2 rings (SSSR count). The largest absolute Gasteiger partial charge is 0.355 e. The third-order valence-corrected chi connectivity index (χ3v) is 6.15. The molecule has 1 heterocycles. The third-order valence-electron chi connectivity index (χ3n) is 2.78. The number of nitrogens with zero attached hydrogens (tertiary/aromatic N) is 1. The summed E-state index contributed by atoms with van der Waals surface area (Å²) in [6.45, 7) is 0.833. The highest BCUT2D eigenvalue weighted by Crippen LogP contribution is 2.28. The zero-order valence-electron chi connectivity index (χ0n) is 9.90. The minimum atomic E-state index is -3.58. The van der Waals surface area contributed by atoms with Gasteiger partial charge in [-0.1, -0.05) is 15.9 Å². The van der Waals surface area contributed by atoms with Crippen LogP contribution in [0.4, 0.5) is 0 Å². The standard InChI is InChI=1S/C11H12Br2N2O3S/c12-8-1-2-10(9(13)7-8)19(17,18)15-5-3-11(16)14-4-6-15/h1-2,7H,3-6H2,(H,14,16). The van der Waals surface area contributed by atoms with Crippen molar-refractivity contribution in [1.82, 2.24) is 9.62 Å². The summed E-state index contributed by atoms with van der Waals surface area (Å²) in [7, 11) is -3.58. The molecule has 0 saturated carbocycles. The molecule has 0 unspecified atom stereocenters. The van der Waals surface area contributed by atoms with E-state index in [9.17, 15) is 13.2 Å². The van der Waals surface area contributed by atoms with Crippen LogP contribution in [0.1, 0.15) is 6.42 Å². The molecule has 1 fully saturated rings. The molecule has 19 heavy (non-hydrogen) atoms. The Kier molecular flexibility index (Phi) is 4.65. The number of carbonyl (C=O) groups excluding carboxylic acids is 1. The zero-order valence-corrected chi connectivity index (χ0v) is 13.9. The second kappa shape index (κ2) is 5.90. The monoisotopic (exact) mass is 410 g/mol. The van der Waals surface area contributed by atoms with Gasteiger partial charge in [0.05, 0.1) is 4.90 Å². The Labute approximate surface area is 128 Å². The van der Waals surface area contributed by atoms with Crippen LogP contribution in [0, 0.1) is 0 Å². The van der Waals surface area contributed by atoms with Crippen LogP contribution in [0.2, 0.25) is 0 Å². The summed E-state index contributed by atoms with van der Waals surface area (Å²) in [5.74, 6) is -0.118. The molecule has 0 atom stereocenters. The van der Waals surface area contributed by atoms with Gasteiger partial charge in [0.1, 0.15) is 0 Å². The highest BCUT2D eigenvalue weighted by Gasteiger charge is 2.28. The fraction of sp³-hybridized carbons (Fsp3) is 0.364. The van der Waals surface area contributed by atoms with Crippen molar-refractivity contribution in [2.75, 3.05) is 19.6 Å². The SMILES string of the molecule is O=C1CCN(S(=O)(=O)c2ccc(Br)cc2Br)CCN1. The average molecular weight is 412 g/mol. The Morgan fingerprint density at radius 3 is 2.63 bits per heavy atom. The Morgan fingerprint density at radius 2 is 1.95 bits per heavy atom. The molecule has 0 radical (unpaired) electrons. The molecular formula is C11H12Br2N2O3S. The van der Waals surface area contributed by atoms with Crippen molar-refractivity contribution in [3.63, 3.8) is 0 Å². The van der Waals surface area contributed by atoms with E-state index < -0.39 is 10.0 Å². The Morgan fingerprint density at radius 1 is 1.21 bits per heavy atom. The van der Waals surface area contributed by atoms with Gasteiger partial charge in [-0.3, -0.25) is 4.79 Å². The number of hydrogen-bond acceptors (Lipinski definition) is 3. The summed E-state index contributed by atoms with van der Waals surface area (Å²) in [5, 5.41) is 2.66. The predicted octanol–water partition coefficient (Wildman–Crippen LogP) is 1.72. The summed E-state index contributed by atoms with van der Waals surface area (Å²) in [6.07, 6.45) is 0.188. The van der Waals surface area contributed by atoms with E-state index >= 15 is 0 Å². The molecule has 1 aliphatic rings. The summed E-state index contributed by atoms with van der Waals surface area (Å²) in [5.41, 5.74) is 0. The van der Waals surface area contributed by atoms with E-state index in [-0.39, 0.29) is 30.3 Å². The molecule has 0 spiro atoms. The van der Waals surface area contributed by atoms with Crippen LogP contribution in [0.5, 0.6) is 0 Å². The van der Waals surface area contributed by atoms with Crippen LogP contribution in [0.25, 0.3) is 0 Å². The molecule has 104 valence electrons. The molecule has 0 aromatic heterocycles. The van der Waals surface area contributed by atoms with Gasteiger partial charge in [0.25, 0.3) is 0 Å². The van der Waals surface area contributed by atoms with Crippen molar-refractivity contribution in [1.29, 1.82) is 0 Å². The first-order chi connectivity index (χ1) is 8.91. The molecular weight excluding hydrogens is 400 g/mol. The van der Waals surface area contributed by atoms with E-state index in [0.717, 1.165) is 4.47 Å². The summed E-state index contributed by atoms with van der Waals surface area (Å²) in [4.78, 5) is 11.5. The van der Waals surface area contributed by atoms with Gasteiger partial charge in [-0.2, -0.15) is 4.31 Å². The van der Waals surface area contributed by atoms with E-state index in [2.05, 4.69) is 37.2 Å². The second-order valence-corrected chi connectivity index (χ2v) is 7.76. The summed E-state index contributed by atoms with van der Waals surface area (Å²) in [6, 6.07) is 4.91. The van der Waals surface area contributed by atoms with Crippen molar-refractivity contribution < 1.29 is 13.2 Å². The van der Waals surface area contributed by atoms with E-state index in [1.54, 1.807) is 18.2 Å². The number of halogens is 2. The number of hydrogen-bond donors (Lipinski definition) is 1. The van der Waals surface area contributed by atoms with Crippen LogP contribution in [-0.2, 0) is 14.8 Å². The molecule has 1 saturated heterocycles. The van der Waals surface area contributed by atoms with Crippen LogP contribution in [0.15, 0.2) is 32.0 Å². The predicted molar refractivity (Wildman–Crippen MR) is 78.2 cm³/mol. The molecule has 1 aromatic rings. The van der Waals surface area contributed by atoms with E-state index in [1.165, 1.54) is 4.31 Å². The molecule has 0 aliphatic carbocycles. The molecule has 5 nitrogen and oxygen atoms in total. The smallest absolute Gasteiger partial charge is 0.244 e. The number of benzene rings is 1. The number of carbonyl (C=O) groups is 1. The maximum absolute atomic E-state index is 12.5. The van der Waals surface area contributed by atoms with Crippen molar-refractivity contribution in [3.8, 4) is 0 Å². The van der Waals surface area contributed by atoms with E-state index in [4.69, 9.17) is 0 Å². The molecule has 1 aliphatic heterocycles. The van der Waals surface area contributed by atoms with Crippen molar-refractivity contribution >= 4 is 47.8 Å². The van der Waals surface area contributed by atoms with Crippen LogP contribution < -0.4 is 5.32 Å². The number of nitrogens with one attached hydrogen (secondary N) is 1. The van der Waals surface area contributed by atoms with Crippen LogP contribution in [-0.4, -0.2) is 38.3 Å². The average Bonchev–Trinajstić information content (AvgIpc) is 2.53. The molecule has 8 heteroatoms. The summed E-state index contributed by atoms with van der Waals surface area (Å²) < 4.78 is 27.7. The van der Waals surface area contributed by atoms with Crippen molar-refractivity contribution in [3.05, 3.63) is 27.1 Å². The maximum atomic E-state index is 12.5. The minimum Gasteiger partial charge on any atom is -0.355 e. The van der Waals surface area contributed by atoms with E-state index in [1.807, 2.05) is 0 Å². The Balaban J connectivity index is 2.33. The van der Waals surface area contributed by atoms with Gasteiger partial charge in [-0.15, -0.1) is 0 Å². The van der Waals surface area contributed by atoms with Gasteiger partial charge < -0.3 is 5.32 Å². The van der Waals surface area contributed by atoms with Gasteiger partial charge in [-0.05, 0) is 34.1 Å². The van der Waals surface area contributed by atoms with Crippen LogP contribution >= 0.6 is 31.9 Å². The summed E-state index contributed by atoms with van der Waals surface area (Å²) >= 11 is 6.55. The molecule has 1 aromatic carbocycles. The highest BCUT2D eigenvalue weighted by atomic mass is 79.9. The van der Waals surface area contributed by atoms with Crippen molar-refractivity contribution in [2.45, 2.75) is 11.3 Å². The quantitative estimate of drug-likeness (QED) is 0.805. The Bertz CT molecular complexity index is 604. The Hall–Kier alpha value is -0.440. The number of rotatable bonds is 2. The fourth-order valence-corrected chi connectivity index (χ4v) is 4.96. The fourth-order valence-electron chi connectivity index (χ4n) is 1.81. The maximum Gasteiger partial charge on any atom is 0.244 e. The molecule has 0 bridgehead atoms. The van der Waals surface area contributed by atoms with Gasteiger partial charge in [-0.25, -0.2) is 8.42 Å². The lowest BCUT2D eigenvalue weighted by atomic mass is 10.4. The second-order valence-electron chi connectivity index (χ2n) is 4.08. The van der Waals surface area contributed by atoms with Gasteiger partial charge in [0.2, 0.25) is 15.9 Å². The lowest BCUT2D eigenvalue weighted by Crippen LogP contribution is -2.34. The molecule has 1 amide bonds. The van der Waals surface area contributed by atoms with Gasteiger partial charge in [0.15, 0.2) is 0 Å². The minimum absolute atomic E-state index is 0.118. The molecule has 1 N–H and O–H groups in total. The first-order valence-corrected chi connectivity index (χ1v) is 8.66. The zero-order chi connectivity index (χ0) is 14.0. The third kappa shape index (κ3) is 3.36. The first-order valence-electron chi connectivity index (χ1n) is 5.63. The lowest BCUT2D eigenvalue weighted by Gasteiger charge is -2.20. The first kappa shape index (κ1) is 15.0. The normalized spacial score (nSPS) is 17.9. The van der Waals surface area contributed by atoms with Crippen molar-refractivity contribution in [2.24, 2.45) is 0 Å². The number of sulfonamides is 1. The topological polar surface area (TPSA) is 66.5 Å². The number of amides is 1. The van der Waals surface area contributed by atoms with Gasteiger partial charge in [0, 0.05) is 35.0 Å².